The number of methoxy groups -OCH3 is 1. The lowest BCUT2D eigenvalue weighted by Crippen LogP contribution is -2.11. The fraction of sp³-hybridized carbons (Fsp3) is 0.909. The standard InChI is InChI=1S/C22H42O3S2/c1-4-6-7-8-9-10-11-12-13-14-15-16-17-20(18-19-21(23)24-3)27-22(26)25-5-2/h20H,4-19H2,1-3H3. The van der Waals surface area contributed by atoms with Gasteiger partial charge in [-0.2, -0.15) is 0 Å². The molecular weight excluding hydrogens is 376 g/mol. The van der Waals surface area contributed by atoms with Gasteiger partial charge in [-0.25, -0.2) is 0 Å². The molecule has 0 saturated heterocycles. The van der Waals surface area contributed by atoms with Crippen LogP contribution in [0.4, 0.5) is 0 Å². The number of esters is 1. The third-order valence-corrected chi connectivity index (χ3v) is 6.32. The lowest BCUT2D eigenvalue weighted by atomic mass is 10.0. The molecule has 1 atom stereocenters. The number of unbranched alkanes of at least 4 members (excludes halogenated alkanes) is 11. The Morgan fingerprint density at radius 2 is 1.37 bits per heavy atom. The Labute approximate surface area is 177 Å². The number of thioether (sulfide) groups is 1. The van der Waals surface area contributed by atoms with Gasteiger partial charge in [0.2, 0.25) is 4.38 Å². The monoisotopic (exact) mass is 418 g/mol. The van der Waals surface area contributed by atoms with Crippen LogP contribution in [0, 0.1) is 0 Å². The van der Waals surface area contributed by atoms with Crippen LogP contribution in [0.5, 0.6) is 0 Å². The highest BCUT2D eigenvalue weighted by Gasteiger charge is 2.15. The summed E-state index contributed by atoms with van der Waals surface area (Å²) in [5.41, 5.74) is 0. The van der Waals surface area contributed by atoms with Gasteiger partial charge in [-0.15, -0.1) is 0 Å². The van der Waals surface area contributed by atoms with Crippen LogP contribution >= 0.6 is 24.0 Å². The zero-order valence-electron chi connectivity index (χ0n) is 17.9. The topological polar surface area (TPSA) is 35.5 Å². The molecule has 0 aliphatic heterocycles. The number of carbonyl (C=O) groups excluding carboxylic acids is 1. The smallest absolute Gasteiger partial charge is 0.305 e. The van der Waals surface area contributed by atoms with Gasteiger partial charge in [0.25, 0.3) is 0 Å². The van der Waals surface area contributed by atoms with Crippen LogP contribution in [0.15, 0.2) is 0 Å². The zero-order valence-corrected chi connectivity index (χ0v) is 19.6. The minimum atomic E-state index is -0.141. The molecule has 0 aromatic heterocycles. The molecule has 0 bridgehead atoms. The van der Waals surface area contributed by atoms with Gasteiger partial charge in [-0.1, -0.05) is 95.7 Å². The molecule has 0 saturated carbocycles. The Hall–Kier alpha value is -0.290. The molecule has 0 spiro atoms. The first kappa shape index (κ1) is 26.7. The Bertz CT molecular complexity index is 361. The lowest BCUT2D eigenvalue weighted by Gasteiger charge is -2.16. The third kappa shape index (κ3) is 18.8. The van der Waals surface area contributed by atoms with Crippen molar-refractivity contribution in [2.75, 3.05) is 13.7 Å². The van der Waals surface area contributed by atoms with Crippen LogP contribution in [0.3, 0.4) is 0 Å². The zero-order chi connectivity index (χ0) is 20.2. The van der Waals surface area contributed by atoms with E-state index in [1.807, 2.05) is 6.92 Å². The molecule has 0 aliphatic rings. The highest BCUT2D eigenvalue weighted by atomic mass is 32.2. The minimum Gasteiger partial charge on any atom is -0.479 e. The highest BCUT2D eigenvalue weighted by Crippen LogP contribution is 2.25. The van der Waals surface area contributed by atoms with Gasteiger partial charge in [-0.3, -0.25) is 4.79 Å². The molecule has 0 fully saturated rings. The number of hydrogen-bond acceptors (Lipinski definition) is 5. The first-order valence-electron chi connectivity index (χ1n) is 11.0. The summed E-state index contributed by atoms with van der Waals surface area (Å²) >= 11 is 6.86. The van der Waals surface area contributed by atoms with E-state index < -0.39 is 0 Å². The van der Waals surface area contributed by atoms with Crippen molar-refractivity contribution in [3.8, 4) is 0 Å². The van der Waals surface area contributed by atoms with E-state index in [1.54, 1.807) is 11.8 Å². The third-order valence-electron chi connectivity index (χ3n) is 4.80. The summed E-state index contributed by atoms with van der Waals surface area (Å²) in [5.74, 6) is -0.141. The van der Waals surface area contributed by atoms with Crippen molar-refractivity contribution in [3.05, 3.63) is 0 Å². The van der Waals surface area contributed by atoms with E-state index >= 15 is 0 Å². The summed E-state index contributed by atoms with van der Waals surface area (Å²) in [7, 11) is 1.44. The summed E-state index contributed by atoms with van der Waals surface area (Å²) in [6.07, 6.45) is 18.7. The number of thiocarbonyl (C=S) groups is 1. The average molecular weight is 419 g/mol. The molecule has 3 nitrogen and oxygen atoms in total. The van der Waals surface area contributed by atoms with Gasteiger partial charge >= 0.3 is 5.97 Å². The summed E-state index contributed by atoms with van der Waals surface area (Å²) < 4.78 is 10.8. The maximum absolute atomic E-state index is 11.4. The van der Waals surface area contributed by atoms with Crippen molar-refractivity contribution in [3.63, 3.8) is 0 Å². The first-order chi connectivity index (χ1) is 13.1. The summed E-state index contributed by atoms with van der Waals surface area (Å²) in [5, 5.41) is 0.353. The fourth-order valence-electron chi connectivity index (χ4n) is 3.14. The highest BCUT2D eigenvalue weighted by molar-refractivity contribution is 8.23. The van der Waals surface area contributed by atoms with Crippen LogP contribution in [0.1, 0.15) is 110 Å². The summed E-state index contributed by atoms with van der Waals surface area (Å²) in [4.78, 5) is 11.4. The molecule has 0 heterocycles. The van der Waals surface area contributed by atoms with E-state index in [0.717, 1.165) is 12.8 Å². The number of ether oxygens (including phenoxy) is 2. The normalized spacial score (nSPS) is 12.0. The second kappa shape index (κ2) is 20.4. The molecule has 0 rings (SSSR count). The molecule has 0 aromatic carbocycles. The van der Waals surface area contributed by atoms with E-state index in [0.29, 0.717) is 22.7 Å². The Morgan fingerprint density at radius 1 is 0.852 bits per heavy atom. The molecule has 160 valence electrons. The molecule has 0 aliphatic carbocycles. The SMILES string of the molecule is CCCCCCCCCCCCCCC(CCC(=O)OC)SC(=S)OCC. The molecule has 0 amide bonds. The van der Waals surface area contributed by atoms with Gasteiger partial charge in [-0.05, 0) is 32.0 Å². The second-order valence-corrected chi connectivity index (χ2v) is 9.12. The molecule has 0 radical (unpaired) electrons. The largest absolute Gasteiger partial charge is 0.479 e. The molecule has 0 N–H and O–H groups in total. The number of carbonyl (C=O) groups is 1. The van der Waals surface area contributed by atoms with Crippen LogP contribution in [-0.2, 0) is 14.3 Å². The molecule has 27 heavy (non-hydrogen) atoms. The van der Waals surface area contributed by atoms with E-state index in [4.69, 9.17) is 21.7 Å². The Kier molecular flexibility index (Phi) is 20.2. The van der Waals surface area contributed by atoms with Crippen molar-refractivity contribution in [1.29, 1.82) is 0 Å². The summed E-state index contributed by atoms with van der Waals surface area (Å²) in [6, 6.07) is 0. The van der Waals surface area contributed by atoms with Crippen LogP contribution < -0.4 is 0 Å². The predicted octanol–water partition coefficient (Wildman–Crippen LogP) is 7.45. The van der Waals surface area contributed by atoms with Crippen LogP contribution in [0.2, 0.25) is 0 Å². The lowest BCUT2D eigenvalue weighted by molar-refractivity contribution is -0.140. The van der Waals surface area contributed by atoms with Gasteiger partial charge in [0.05, 0.1) is 13.7 Å². The van der Waals surface area contributed by atoms with Gasteiger partial charge in [0.1, 0.15) is 0 Å². The Morgan fingerprint density at radius 3 is 1.85 bits per heavy atom. The van der Waals surface area contributed by atoms with Gasteiger partial charge < -0.3 is 9.47 Å². The van der Waals surface area contributed by atoms with Crippen molar-refractivity contribution in [1.82, 2.24) is 0 Å². The van der Waals surface area contributed by atoms with Crippen molar-refractivity contribution in [2.45, 2.75) is 115 Å². The number of hydrogen-bond donors (Lipinski definition) is 0. The van der Waals surface area contributed by atoms with E-state index in [-0.39, 0.29) is 5.97 Å². The van der Waals surface area contributed by atoms with Gasteiger partial charge in [0.15, 0.2) is 0 Å². The predicted molar refractivity (Wildman–Crippen MR) is 123 cm³/mol. The van der Waals surface area contributed by atoms with Crippen molar-refractivity contribution in [2.24, 2.45) is 0 Å². The number of rotatable bonds is 18. The maximum Gasteiger partial charge on any atom is 0.305 e. The maximum atomic E-state index is 11.4. The summed E-state index contributed by atoms with van der Waals surface area (Å²) in [6.45, 7) is 4.82. The van der Waals surface area contributed by atoms with E-state index in [9.17, 15) is 4.79 Å². The van der Waals surface area contributed by atoms with Gasteiger partial charge in [0, 0.05) is 11.7 Å². The van der Waals surface area contributed by atoms with E-state index in [2.05, 4.69) is 6.92 Å². The average Bonchev–Trinajstić information content (AvgIpc) is 2.66. The van der Waals surface area contributed by atoms with Crippen LogP contribution in [0.25, 0.3) is 0 Å². The first-order valence-corrected chi connectivity index (χ1v) is 12.3. The quantitative estimate of drug-likeness (QED) is 0.131. The Balaban J connectivity index is 3.72. The molecule has 5 heteroatoms. The van der Waals surface area contributed by atoms with E-state index in [1.165, 1.54) is 84.2 Å². The van der Waals surface area contributed by atoms with Crippen molar-refractivity contribution >= 4 is 34.3 Å². The fourth-order valence-corrected chi connectivity index (χ4v) is 4.65. The molecule has 1 unspecified atom stereocenters. The molecular formula is C22H42O3S2. The second-order valence-electron chi connectivity index (χ2n) is 7.22. The molecule has 0 aromatic rings. The van der Waals surface area contributed by atoms with Crippen LogP contribution in [-0.4, -0.2) is 29.3 Å². The minimum absolute atomic E-state index is 0.141. The van der Waals surface area contributed by atoms with Crippen molar-refractivity contribution < 1.29 is 14.3 Å².